The number of nitrogens with zero attached hydrogens (tertiary/aromatic N) is 2. The molecule has 0 aliphatic heterocycles. The van der Waals surface area contributed by atoms with Crippen molar-refractivity contribution in [3.63, 3.8) is 0 Å². The van der Waals surface area contributed by atoms with E-state index in [4.69, 9.17) is 4.42 Å². The van der Waals surface area contributed by atoms with Gasteiger partial charge in [-0.3, -0.25) is 9.48 Å². The highest BCUT2D eigenvalue weighted by Gasteiger charge is 2.07. The topological polar surface area (TPSA) is 60.1 Å². The smallest absolute Gasteiger partial charge is 0.255 e. The highest BCUT2D eigenvalue weighted by molar-refractivity contribution is 6.04. The number of anilines is 1. The van der Waals surface area contributed by atoms with Gasteiger partial charge in [-0.15, -0.1) is 0 Å². The standard InChI is InChI=1S/C15H13N3O2/c19-15(12-5-2-1-3-6-12)17-13-9-16-18(10-13)11-14-7-4-8-20-14/h1-10H,11H2,(H,17,19). The molecule has 20 heavy (non-hydrogen) atoms. The first-order chi connectivity index (χ1) is 9.81. The van der Waals surface area contributed by atoms with Gasteiger partial charge in [0.15, 0.2) is 0 Å². The number of hydrogen-bond donors (Lipinski definition) is 1. The van der Waals surface area contributed by atoms with Gasteiger partial charge in [0.25, 0.3) is 5.91 Å². The third-order valence-electron chi connectivity index (χ3n) is 2.83. The highest BCUT2D eigenvalue weighted by atomic mass is 16.3. The summed E-state index contributed by atoms with van der Waals surface area (Å²) in [6, 6.07) is 12.8. The molecule has 1 amide bonds. The maximum atomic E-state index is 12.0. The maximum absolute atomic E-state index is 12.0. The van der Waals surface area contributed by atoms with Crippen molar-refractivity contribution in [3.05, 3.63) is 72.4 Å². The number of amides is 1. The molecule has 0 saturated carbocycles. The Balaban J connectivity index is 1.67. The number of benzene rings is 1. The van der Waals surface area contributed by atoms with Gasteiger partial charge in [0.1, 0.15) is 5.76 Å². The van der Waals surface area contributed by atoms with E-state index < -0.39 is 0 Å². The van der Waals surface area contributed by atoms with E-state index in [1.54, 1.807) is 35.5 Å². The fraction of sp³-hybridized carbons (Fsp3) is 0.0667. The zero-order valence-corrected chi connectivity index (χ0v) is 10.7. The Morgan fingerprint density at radius 3 is 2.80 bits per heavy atom. The van der Waals surface area contributed by atoms with Crippen molar-refractivity contribution in [1.82, 2.24) is 9.78 Å². The summed E-state index contributed by atoms with van der Waals surface area (Å²) in [5.41, 5.74) is 1.27. The van der Waals surface area contributed by atoms with Gasteiger partial charge in [0.2, 0.25) is 0 Å². The number of carbonyl (C=O) groups excluding carboxylic acids is 1. The van der Waals surface area contributed by atoms with Gasteiger partial charge >= 0.3 is 0 Å². The highest BCUT2D eigenvalue weighted by Crippen LogP contribution is 2.10. The van der Waals surface area contributed by atoms with Crippen LogP contribution in [0, 0.1) is 0 Å². The average Bonchev–Trinajstić information content (AvgIpc) is 3.12. The Hall–Kier alpha value is -2.82. The van der Waals surface area contributed by atoms with Crippen LogP contribution in [0.4, 0.5) is 5.69 Å². The van der Waals surface area contributed by atoms with E-state index in [0.717, 1.165) is 5.76 Å². The van der Waals surface area contributed by atoms with E-state index in [0.29, 0.717) is 17.8 Å². The summed E-state index contributed by atoms with van der Waals surface area (Å²) in [4.78, 5) is 12.0. The van der Waals surface area contributed by atoms with Crippen LogP contribution in [-0.2, 0) is 6.54 Å². The lowest BCUT2D eigenvalue weighted by Crippen LogP contribution is -2.11. The number of furan rings is 1. The summed E-state index contributed by atoms with van der Waals surface area (Å²) < 4.78 is 6.96. The molecule has 0 atom stereocenters. The maximum Gasteiger partial charge on any atom is 0.255 e. The van der Waals surface area contributed by atoms with Gasteiger partial charge in [-0.2, -0.15) is 5.10 Å². The third-order valence-corrected chi connectivity index (χ3v) is 2.83. The molecule has 0 aliphatic rings. The second-order valence-electron chi connectivity index (χ2n) is 4.33. The fourth-order valence-electron chi connectivity index (χ4n) is 1.87. The van der Waals surface area contributed by atoms with Crippen LogP contribution in [0.3, 0.4) is 0 Å². The SMILES string of the molecule is O=C(Nc1cnn(Cc2ccco2)c1)c1ccccc1. The van der Waals surface area contributed by atoms with Gasteiger partial charge in [0, 0.05) is 11.8 Å². The molecule has 100 valence electrons. The van der Waals surface area contributed by atoms with Crippen LogP contribution in [0.5, 0.6) is 0 Å². The Labute approximate surface area is 115 Å². The van der Waals surface area contributed by atoms with Crippen molar-refractivity contribution in [2.24, 2.45) is 0 Å². The van der Waals surface area contributed by atoms with Crippen molar-refractivity contribution in [2.75, 3.05) is 5.32 Å². The molecule has 0 spiro atoms. The van der Waals surface area contributed by atoms with E-state index >= 15 is 0 Å². The minimum Gasteiger partial charge on any atom is -0.467 e. The number of nitrogens with one attached hydrogen (secondary N) is 1. The third kappa shape index (κ3) is 2.77. The summed E-state index contributed by atoms with van der Waals surface area (Å²) in [6.07, 6.45) is 5.00. The van der Waals surface area contributed by atoms with Crippen molar-refractivity contribution >= 4 is 11.6 Å². The lowest BCUT2D eigenvalue weighted by Gasteiger charge is -2.01. The summed E-state index contributed by atoms with van der Waals surface area (Å²) in [7, 11) is 0. The predicted octanol–water partition coefficient (Wildman–Crippen LogP) is 2.78. The Bertz CT molecular complexity index is 687. The molecule has 1 N–H and O–H groups in total. The molecule has 3 rings (SSSR count). The van der Waals surface area contributed by atoms with Crippen molar-refractivity contribution in [1.29, 1.82) is 0 Å². The molecule has 0 saturated heterocycles. The molecule has 5 heteroatoms. The van der Waals surface area contributed by atoms with Gasteiger partial charge in [-0.05, 0) is 24.3 Å². The molecule has 0 unspecified atom stereocenters. The van der Waals surface area contributed by atoms with Gasteiger partial charge in [0.05, 0.1) is 24.7 Å². The first kappa shape index (κ1) is 12.2. The van der Waals surface area contributed by atoms with Crippen molar-refractivity contribution in [2.45, 2.75) is 6.54 Å². The second kappa shape index (κ2) is 5.44. The zero-order chi connectivity index (χ0) is 13.8. The van der Waals surface area contributed by atoms with Crippen LogP contribution in [-0.4, -0.2) is 15.7 Å². The molecule has 0 fully saturated rings. The lowest BCUT2D eigenvalue weighted by molar-refractivity contribution is 0.102. The molecular formula is C15H13N3O2. The first-order valence-electron chi connectivity index (χ1n) is 6.22. The normalized spacial score (nSPS) is 10.4. The van der Waals surface area contributed by atoms with E-state index in [9.17, 15) is 4.79 Å². The van der Waals surface area contributed by atoms with Gasteiger partial charge in [-0.25, -0.2) is 0 Å². The van der Waals surface area contributed by atoms with Crippen LogP contribution in [0.15, 0.2) is 65.5 Å². The molecule has 2 heterocycles. The number of rotatable bonds is 4. The van der Waals surface area contributed by atoms with Gasteiger partial charge in [-0.1, -0.05) is 18.2 Å². The molecule has 1 aromatic carbocycles. The molecular weight excluding hydrogens is 254 g/mol. The minimum absolute atomic E-state index is 0.150. The number of hydrogen-bond acceptors (Lipinski definition) is 3. The zero-order valence-electron chi connectivity index (χ0n) is 10.7. The predicted molar refractivity (Wildman–Crippen MR) is 74.4 cm³/mol. The quantitative estimate of drug-likeness (QED) is 0.790. The van der Waals surface area contributed by atoms with E-state index in [-0.39, 0.29) is 5.91 Å². The Kier molecular flexibility index (Phi) is 3.33. The number of carbonyl (C=O) groups is 1. The lowest BCUT2D eigenvalue weighted by atomic mass is 10.2. The van der Waals surface area contributed by atoms with Crippen LogP contribution >= 0.6 is 0 Å². The van der Waals surface area contributed by atoms with Crippen LogP contribution in [0.2, 0.25) is 0 Å². The van der Waals surface area contributed by atoms with Gasteiger partial charge < -0.3 is 9.73 Å². The first-order valence-corrected chi connectivity index (χ1v) is 6.22. The van der Waals surface area contributed by atoms with Crippen molar-refractivity contribution < 1.29 is 9.21 Å². The monoisotopic (exact) mass is 267 g/mol. The average molecular weight is 267 g/mol. The summed E-state index contributed by atoms with van der Waals surface area (Å²) in [5.74, 6) is 0.664. The molecule has 5 nitrogen and oxygen atoms in total. The Morgan fingerprint density at radius 2 is 2.05 bits per heavy atom. The fourth-order valence-corrected chi connectivity index (χ4v) is 1.87. The summed E-state index contributed by atoms with van der Waals surface area (Å²) in [5, 5.41) is 6.99. The largest absolute Gasteiger partial charge is 0.467 e. The molecule has 2 aromatic heterocycles. The molecule has 3 aromatic rings. The molecule has 0 bridgehead atoms. The van der Waals surface area contributed by atoms with E-state index in [2.05, 4.69) is 10.4 Å². The molecule has 0 aliphatic carbocycles. The van der Waals surface area contributed by atoms with Crippen LogP contribution < -0.4 is 5.32 Å². The minimum atomic E-state index is -0.150. The van der Waals surface area contributed by atoms with E-state index in [1.807, 2.05) is 30.3 Å². The summed E-state index contributed by atoms with van der Waals surface area (Å²) in [6.45, 7) is 0.536. The molecule has 0 radical (unpaired) electrons. The van der Waals surface area contributed by atoms with Crippen molar-refractivity contribution in [3.8, 4) is 0 Å². The second-order valence-corrected chi connectivity index (χ2v) is 4.33. The Morgan fingerprint density at radius 1 is 1.20 bits per heavy atom. The van der Waals surface area contributed by atoms with E-state index in [1.165, 1.54) is 0 Å². The van der Waals surface area contributed by atoms with Crippen LogP contribution in [0.1, 0.15) is 16.1 Å². The van der Waals surface area contributed by atoms with Crippen LogP contribution in [0.25, 0.3) is 0 Å². The number of aromatic nitrogens is 2. The summed E-state index contributed by atoms with van der Waals surface area (Å²) >= 11 is 0.